The van der Waals surface area contributed by atoms with Crippen LogP contribution in [0.25, 0.3) is 0 Å². The van der Waals surface area contributed by atoms with Crippen molar-refractivity contribution < 1.29 is 4.79 Å². The summed E-state index contributed by atoms with van der Waals surface area (Å²) in [4.78, 5) is 25.0. The first kappa shape index (κ1) is 20.1. The summed E-state index contributed by atoms with van der Waals surface area (Å²) in [5.41, 5.74) is 7.42. The third-order valence-electron chi connectivity index (χ3n) is 3.64. The maximum Gasteiger partial charge on any atom is 0.234 e. The van der Waals surface area contributed by atoms with E-state index < -0.39 is 0 Å². The van der Waals surface area contributed by atoms with E-state index in [4.69, 9.17) is 5.73 Å². The van der Waals surface area contributed by atoms with Crippen LogP contribution in [0.2, 0.25) is 0 Å². The van der Waals surface area contributed by atoms with Crippen LogP contribution in [0.5, 0.6) is 0 Å². The van der Waals surface area contributed by atoms with Crippen LogP contribution in [0.15, 0.2) is 59.1 Å². The molecule has 0 unspecified atom stereocenters. The molecule has 4 N–H and O–H groups in total. The summed E-state index contributed by atoms with van der Waals surface area (Å²) in [6, 6.07) is 17.0. The lowest BCUT2D eigenvalue weighted by Gasteiger charge is -2.12. The van der Waals surface area contributed by atoms with Gasteiger partial charge in [-0.3, -0.25) is 4.79 Å². The van der Waals surface area contributed by atoms with Crippen LogP contribution in [0.1, 0.15) is 18.0 Å². The van der Waals surface area contributed by atoms with Gasteiger partial charge >= 0.3 is 0 Å². The lowest BCUT2D eigenvalue weighted by atomic mass is 10.3. The van der Waals surface area contributed by atoms with Gasteiger partial charge in [0.2, 0.25) is 17.8 Å². The molecule has 0 aliphatic rings. The Hall–Kier alpha value is -2.65. The molecule has 3 rings (SSSR count). The first-order valence-electron chi connectivity index (χ1n) is 8.50. The molecule has 3 aromatic rings. The molecule has 1 aromatic heterocycles. The number of benzene rings is 2. The minimum atomic E-state index is -0.130. The number of amides is 1. The van der Waals surface area contributed by atoms with Crippen molar-refractivity contribution in [3.63, 3.8) is 0 Å². The third kappa shape index (κ3) is 5.93. The van der Waals surface area contributed by atoms with Gasteiger partial charge in [-0.1, -0.05) is 40.2 Å². The SMILES string of the molecule is C[C@@H](SCC(=O)Nc1cccc(Br)c1)c1nc(N)nc(Nc2ccccc2)n1. The molecule has 1 atom stereocenters. The largest absolute Gasteiger partial charge is 0.368 e. The second-order valence-electron chi connectivity index (χ2n) is 5.88. The zero-order chi connectivity index (χ0) is 19.9. The summed E-state index contributed by atoms with van der Waals surface area (Å²) in [5.74, 6) is 1.20. The molecule has 144 valence electrons. The van der Waals surface area contributed by atoms with E-state index in [-0.39, 0.29) is 22.9 Å². The van der Waals surface area contributed by atoms with Crippen molar-refractivity contribution in [3.8, 4) is 0 Å². The van der Waals surface area contributed by atoms with E-state index in [1.807, 2.05) is 61.5 Å². The standard InChI is InChI=1S/C19H19BrN6OS/c1-12(28-11-16(27)22-15-9-5-6-13(20)10-15)17-24-18(21)26-19(25-17)23-14-7-3-2-4-8-14/h2-10,12H,11H2,1H3,(H,22,27)(H3,21,23,24,25,26)/t12-/m1/s1. The molecule has 1 amide bonds. The monoisotopic (exact) mass is 458 g/mol. The van der Waals surface area contributed by atoms with E-state index in [1.54, 1.807) is 0 Å². The maximum atomic E-state index is 12.2. The molecule has 0 aliphatic heterocycles. The number of hydrogen-bond acceptors (Lipinski definition) is 7. The number of anilines is 4. The number of carbonyl (C=O) groups is 1. The Morgan fingerprint density at radius 1 is 1.11 bits per heavy atom. The molecule has 0 fully saturated rings. The molecule has 0 radical (unpaired) electrons. The summed E-state index contributed by atoms with van der Waals surface area (Å²) >= 11 is 4.81. The van der Waals surface area contributed by atoms with Gasteiger partial charge in [-0.05, 0) is 37.3 Å². The number of nitrogens with one attached hydrogen (secondary N) is 2. The summed E-state index contributed by atoms with van der Waals surface area (Å²) in [5, 5.41) is 5.84. The van der Waals surface area contributed by atoms with Gasteiger partial charge in [-0.2, -0.15) is 15.0 Å². The van der Waals surface area contributed by atoms with Crippen molar-refractivity contribution >= 4 is 56.9 Å². The molecule has 0 saturated carbocycles. The zero-order valence-corrected chi connectivity index (χ0v) is 17.5. The molecule has 1 heterocycles. The first-order chi connectivity index (χ1) is 13.5. The summed E-state index contributed by atoms with van der Waals surface area (Å²) in [6.07, 6.45) is 0. The second-order valence-corrected chi connectivity index (χ2v) is 8.12. The topological polar surface area (TPSA) is 106 Å². The summed E-state index contributed by atoms with van der Waals surface area (Å²) in [6.45, 7) is 1.93. The lowest BCUT2D eigenvalue weighted by molar-refractivity contribution is -0.113. The lowest BCUT2D eigenvalue weighted by Crippen LogP contribution is -2.15. The highest BCUT2D eigenvalue weighted by atomic mass is 79.9. The predicted octanol–water partition coefficient (Wildman–Crippen LogP) is 4.39. The molecule has 9 heteroatoms. The Kier molecular flexibility index (Phi) is 6.83. The van der Waals surface area contributed by atoms with Crippen molar-refractivity contribution in [2.24, 2.45) is 0 Å². The number of nitrogens with zero attached hydrogens (tertiary/aromatic N) is 3. The van der Waals surface area contributed by atoms with Gasteiger partial charge < -0.3 is 16.4 Å². The maximum absolute atomic E-state index is 12.2. The van der Waals surface area contributed by atoms with E-state index in [0.717, 1.165) is 15.8 Å². The fraction of sp³-hybridized carbons (Fsp3) is 0.158. The highest BCUT2D eigenvalue weighted by Gasteiger charge is 2.15. The number of carbonyl (C=O) groups excluding carboxylic acids is 1. The van der Waals surface area contributed by atoms with Crippen LogP contribution in [-0.4, -0.2) is 26.6 Å². The molecular formula is C19H19BrN6OS. The third-order valence-corrected chi connectivity index (χ3v) is 5.27. The molecule has 0 bridgehead atoms. The van der Waals surface area contributed by atoms with Crippen LogP contribution in [0.3, 0.4) is 0 Å². The molecule has 7 nitrogen and oxygen atoms in total. The smallest absolute Gasteiger partial charge is 0.234 e. The Morgan fingerprint density at radius 3 is 2.61 bits per heavy atom. The number of nitrogens with two attached hydrogens (primary N) is 1. The summed E-state index contributed by atoms with van der Waals surface area (Å²) < 4.78 is 0.908. The van der Waals surface area contributed by atoms with Crippen molar-refractivity contribution in [1.29, 1.82) is 0 Å². The summed E-state index contributed by atoms with van der Waals surface area (Å²) in [7, 11) is 0. The number of rotatable bonds is 7. The van der Waals surface area contributed by atoms with Crippen LogP contribution in [-0.2, 0) is 4.79 Å². The van der Waals surface area contributed by atoms with Gasteiger partial charge in [-0.25, -0.2) is 0 Å². The predicted molar refractivity (Wildman–Crippen MR) is 118 cm³/mol. The van der Waals surface area contributed by atoms with Gasteiger partial charge in [0.05, 0.1) is 11.0 Å². The van der Waals surface area contributed by atoms with Gasteiger partial charge in [0.1, 0.15) is 5.82 Å². The van der Waals surface area contributed by atoms with Crippen LogP contribution in [0, 0.1) is 0 Å². The fourth-order valence-corrected chi connectivity index (χ4v) is 3.46. The van der Waals surface area contributed by atoms with Crippen LogP contribution < -0.4 is 16.4 Å². The highest BCUT2D eigenvalue weighted by molar-refractivity contribution is 9.10. The Labute approximate surface area is 175 Å². The minimum Gasteiger partial charge on any atom is -0.368 e. The molecule has 0 aliphatic carbocycles. The quantitative estimate of drug-likeness (QED) is 0.481. The Balaban J connectivity index is 1.60. The van der Waals surface area contributed by atoms with Crippen molar-refractivity contribution in [1.82, 2.24) is 15.0 Å². The fourth-order valence-electron chi connectivity index (χ4n) is 2.34. The van der Waals surface area contributed by atoms with Gasteiger partial charge in [0.25, 0.3) is 0 Å². The van der Waals surface area contributed by atoms with Crippen molar-refractivity contribution in [3.05, 3.63) is 64.9 Å². The average Bonchev–Trinajstić information content (AvgIpc) is 2.66. The van der Waals surface area contributed by atoms with E-state index in [2.05, 4.69) is 41.5 Å². The van der Waals surface area contributed by atoms with Gasteiger partial charge in [0.15, 0.2) is 0 Å². The Bertz CT molecular complexity index is 956. The zero-order valence-electron chi connectivity index (χ0n) is 15.1. The minimum absolute atomic E-state index is 0.0976. The number of nitrogen functional groups attached to an aromatic ring is 1. The number of hydrogen-bond donors (Lipinski definition) is 3. The molecule has 2 aromatic carbocycles. The van der Waals surface area contributed by atoms with Crippen LogP contribution >= 0.6 is 27.7 Å². The van der Waals surface area contributed by atoms with Crippen molar-refractivity contribution in [2.75, 3.05) is 22.1 Å². The molecule has 0 saturated heterocycles. The van der Waals surface area contributed by atoms with Crippen LogP contribution in [0.4, 0.5) is 23.3 Å². The first-order valence-corrected chi connectivity index (χ1v) is 10.3. The highest BCUT2D eigenvalue weighted by Crippen LogP contribution is 2.27. The number of aromatic nitrogens is 3. The molecule has 0 spiro atoms. The number of halogens is 1. The van der Waals surface area contributed by atoms with E-state index in [0.29, 0.717) is 11.8 Å². The average molecular weight is 459 g/mol. The van der Waals surface area contributed by atoms with Gasteiger partial charge in [-0.15, -0.1) is 11.8 Å². The van der Waals surface area contributed by atoms with E-state index in [1.165, 1.54) is 11.8 Å². The normalized spacial score (nSPS) is 11.6. The van der Waals surface area contributed by atoms with E-state index in [9.17, 15) is 4.79 Å². The van der Waals surface area contributed by atoms with E-state index >= 15 is 0 Å². The second kappa shape index (κ2) is 9.52. The van der Waals surface area contributed by atoms with Crippen molar-refractivity contribution in [2.45, 2.75) is 12.2 Å². The molecule has 28 heavy (non-hydrogen) atoms. The number of thioether (sulfide) groups is 1. The van der Waals surface area contributed by atoms with Gasteiger partial charge in [0, 0.05) is 15.8 Å². The Morgan fingerprint density at radius 2 is 1.86 bits per heavy atom. The number of para-hydroxylation sites is 1. The molecular weight excluding hydrogens is 440 g/mol.